The monoisotopic (exact) mass is 325 g/mol. The second-order valence-corrected chi connectivity index (χ2v) is 7.71. The van der Waals surface area contributed by atoms with Gasteiger partial charge in [-0.2, -0.15) is 0 Å². The molecule has 6 heteroatoms. The molecule has 1 saturated carbocycles. The lowest BCUT2D eigenvalue weighted by atomic mass is 9.90. The highest BCUT2D eigenvalue weighted by Gasteiger charge is 2.29. The Kier molecular flexibility index (Phi) is 6.27. The van der Waals surface area contributed by atoms with Gasteiger partial charge in [-0.3, -0.25) is 4.79 Å². The van der Waals surface area contributed by atoms with Crippen LogP contribution in [0.2, 0.25) is 0 Å². The van der Waals surface area contributed by atoms with Crippen LogP contribution in [-0.2, 0) is 9.53 Å². The summed E-state index contributed by atoms with van der Waals surface area (Å²) in [7, 11) is 0. The lowest BCUT2D eigenvalue weighted by Gasteiger charge is -2.33. The number of ether oxygens (including phenoxy) is 1. The summed E-state index contributed by atoms with van der Waals surface area (Å²) >= 11 is 0. The molecule has 3 atom stereocenters. The van der Waals surface area contributed by atoms with E-state index >= 15 is 0 Å². The van der Waals surface area contributed by atoms with Crippen LogP contribution in [0.1, 0.15) is 65.7 Å². The molecule has 2 amide bonds. The molecule has 1 aliphatic heterocycles. The number of amides is 2. The molecule has 2 aliphatic rings. The highest BCUT2D eigenvalue weighted by Crippen LogP contribution is 2.21. The van der Waals surface area contributed by atoms with Gasteiger partial charge in [0.1, 0.15) is 5.60 Å². The zero-order valence-corrected chi connectivity index (χ0v) is 14.6. The molecule has 0 aromatic rings. The van der Waals surface area contributed by atoms with E-state index in [-0.39, 0.29) is 30.1 Å². The summed E-state index contributed by atoms with van der Waals surface area (Å²) in [6, 6.07) is 0.297. The molecule has 6 nitrogen and oxygen atoms in total. The van der Waals surface area contributed by atoms with Crippen molar-refractivity contribution in [3.8, 4) is 0 Å². The zero-order valence-electron chi connectivity index (χ0n) is 14.6. The Labute approximate surface area is 139 Å². The average Bonchev–Trinajstić information content (AvgIpc) is 2.62. The van der Waals surface area contributed by atoms with Gasteiger partial charge >= 0.3 is 6.09 Å². The van der Waals surface area contributed by atoms with Gasteiger partial charge in [-0.1, -0.05) is 0 Å². The molecule has 0 aromatic carbocycles. The SMILES string of the molecule is CC(C)(C)OC(=O)NC1CCCC(NC2CCCCNC2=O)C1. The first-order chi connectivity index (χ1) is 10.8. The van der Waals surface area contributed by atoms with Crippen LogP contribution in [0.5, 0.6) is 0 Å². The Morgan fingerprint density at radius 1 is 1.13 bits per heavy atom. The van der Waals surface area contributed by atoms with Crippen LogP contribution in [0.15, 0.2) is 0 Å². The highest BCUT2D eigenvalue weighted by molar-refractivity contribution is 5.81. The minimum absolute atomic E-state index is 0.0947. The van der Waals surface area contributed by atoms with E-state index in [1.54, 1.807) is 0 Å². The number of nitrogens with one attached hydrogen (secondary N) is 3. The number of hydrogen-bond acceptors (Lipinski definition) is 4. The van der Waals surface area contributed by atoms with Crippen molar-refractivity contribution in [1.82, 2.24) is 16.0 Å². The standard InChI is InChI=1S/C17H31N3O3/c1-17(2,3)23-16(22)20-13-8-6-7-12(11-13)19-14-9-4-5-10-18-15(14)21/h12-14,19H,4-11H2,1-3H3,(H,18,21)(H,20,22). The largest absolute Gasteiger partial charge is 0.444 e. The quantitative estimate of drug-likeness (QED) is 0.742. The van der Waals surface area contributed by atoms with Gasteiger partial charge in [0.25, 0.3) is 0 Å². The summed E-state index contributed by atoms with van der Waals surface area (Å²) < 4.78 is 5.32. The maximum atomic E-state index is 12.0. The second-order valence-electron chi connectivity index (χ2n) is 7.71. The van der Waals surface area contributed by atoms with Crippen molar-refractivity contribution in [2.45, 2.75) is 89.4 Å². The number of rotatable bonds is 3. The lowest BCUT2D eigenvalue weighted by Crippen LogP contribution is -2.51. The fourth-order valence-electron chi connectivity index (χ4n) is 3.33. The predicted molar refractivity (Wildman–Crippen MR) is 89.2 cm³/mol. The van der Waals surface area contributed by atoms with E-state index in [9.17, 15) is 9.59 Å². The number of hydrogen-bond donors (Lipinski definition) is 3. The molecule has 1 heterocycles. The molecule has 0 spiro atoms. The van der Waals surface area contributed by atoms with Gasteiger partial charge in [-0.15, -0.1) is 0 Å². The molecule has 2 fully saturated rings. The summed E-state index contributed by atoms with van der Waals surface area (Å²) in [4.78, 5) is 23.9. The van der Waals surface area contributed by atoms with E-state index in [2.05, 4.69) is 16.0 Å². The second kappa shape index (κ2) is 7.99. The summed E-state index contributed by atoms with van der Waals surface area (Å²) in [6.45, 7) is 6.37. The zero-order chi connectivity index (χ0) is 16.9. The first-order valence-corrected chi connectivity index (χ1v) is 8.87. The molecule has 0 bridgehead atoms. The van der Waals surface area contributed by atoms with E-state index in [4.69, 9.17) is 4.74 Å². The molecule has 3 N–H and O–H groups in total. The van der Waals surface area contributed by atoms with Gasteiger partial charge in [0.15, 0.2) is 0 Å². The van der Waals surface area contributed by atoms with Crippen molar-refractivity contribution >= 4 is 12.0 Å². The van der Waals surface area contributed by atoms with Crippen molar-refractivity contribution < 1.29 is 14.3 Å². The number of carbonyl (C=O) groups is 2. The molecule has 3 unspecified atom stereocenters. The van der Waals surface area contributed by atoms with Crippen LogP contribution in [0, 0.1) is 0 Å². The third kappa shape index (κ3) is 6.37. The van der Waals surface area contributed by atoms with Crippen molar-refractivity contribution in [3.05, 3.63) is 0 Å². The number of carbonyl (C=O) groups excluding carboxylic acids is 2. The summed E-state index contributed by atoms with van der Waals surface area (Å²) in [5.41, 5.74) is -0.477. The van der Waals surface area contributed by atoms with Crippen molar-refractivity contribution in [2.75, 3.05) is 6.54 Å². The van der Waals surface area contributed by atoms with Crippen LogP contribution in [0.4, 0.5) is 4.79 Å². The van der Waals surface area contributed by atoms with Crippen LogP contribution in [-0.4, -0.2) is 42.3 Å². The first-order valence-electron chi connectivity index (χ1n) is 8.87. The number of alkyl carbamates (subject to hydrolysis) is 1. The molecule has 23 heavy (non-hydrogen) atoms. The minimum Gasteiger partial charge on any atom is -0.444 e. The molecule has 2 rings (SSSR count). The van der Waals surface area contributed by atoms with E-state index < -0.39 is 5.60 Å². The average molecular weight is 325 g/mol. The Balaban J connectivity index is 1.80. The predicted octanol–water partition coefficient (Wildman–Crippen LogP) is 2.08. The first kappa shape index (κ1) is 18.0. The third-order valence-corrected chi connectivity index (χ3v) is 4.37. The molecule has 1 aliphatic carbocycles. The smallest absolute Gasteiger partial charge is 0.407 e. The van der Waals surface area contributed by atoms with E-state index in [1.807, 2.05) is 20.8 Å². The molecule has 132 valence electrons. The Morgan fingerprint density at radius 3 is 2.61 bits per heavy atom. The van der Waals surface area contributed by atoms with Gasteiger partial charge < -0.3 is 20.7 Å². The van der Waals surface area contributed by atoms with E-state index in [0.29, 0.717) is 0 Å². The van der Waals surface area contributed by atoms with Crippen molar-refractivity contribution in [3.63, 3.8) is 0 Å². The van der Waals surface area contributed by atoms with Gasteiger partial charge in [-0.05, 0) is 65.7 Å². The van der Waals surface area contributed by atoms with Crippen LogP contribution < -0.4 is 16.0 Å². The van der Waals surface area contributed by atoms with Crippen LogP contribution in [0.25, 0.3) is 0 Å². The maximum Gasteiger partial charge on any atom is 0.407 e. The normalized spacial score (nSPS) is 29.3. The van der Waals surface area contributed by atoms with Gasteiger partial charge in [0, 0.05) is 18.6 Å². The van der Waals surface area contributed by atoms with E-state index in [1.165, 1.54) is 0 Å². The molecular weight excluding hydrogens is 294 g/mol. The van der Waals surface area contributed by atoms with Gasteiger partial charge in [0.2, 0.25) is 5.91 Å². The van der Waals surface area contributed by atoms with Crippen LogP contribution in [0.3, 0.4) is 0 Å². The minimum atomic E-state index is -0.477. The fraction of sp³-hybridized carbons (Fsp3) is 0.882. The van der Waals surface area contributed by atoms with Crippen molar-refractivity contribution in [1.29, 1.82) is 0 Å². The Morgan fingerprint density at radius 2 is 1.87 bits per heavy atom. The summed E-state index contributed by atoms with van der Waals surface area (Å²) in [6.07, 6.45) is 6.59. The Hall–Kier alpha value is -1.30. The molecule has 0 aromatic heterocycles. The summed E-state index contributed by atoms with van der Waals surface area (Å²) in [5.74, 6) is 0.115. The van der Waals surface area contributed by atoms with E-state index in [0.717, 1.165) is 51.5 Å². The maximum absolute atomic E-state index is 12.0. The van der Waals surface area contributed by atoms with Crippen LogP contribution >= 0.6 is 0 Å². The molecular formula is C17H31N3O3. The van der Waals surface area contributed by atoms with Gasteiger partial charge in [0.05, 0.1) is 6.04 Å². The topological polar surface area (TPSA) is 79.5 Å². The molecule has 0 radical (unpaired) electrons. The third-order valence-electron chi connectivity index (χ3n) is 4.37. The lowest BCUT2D eigenvalue weighted by molar-refractivity contribution is -0.123. The highest BCUT2D eigenvalue weighted by atomic mass is 16.6. The Bertz CT molecular complexity index is 420. The summed E-state index contributed by atoms with van der Waals surface area (Å²) in [5, 5.41) is 9.42. The molecule has 1 saturated heterocycles. The fourth-order valence-corrected chi connectivity index (χ4v) is 3.33. The van der Waals surface area contributed by atoms with Gasteiger partial charge in [-0.25, -0.2) is 4.79 Å². The van der Waals surface area contributed by atoms with Crippen molar-refractivity contribution in [2.24, 2.45) is 0 Å².